The predicted octanol–water partition coefficient (Wildman–Crippen LogP) is 4.86. The van der Waals surface area contributed by atoms with E-state index in [0.29, 0.717) is 16.6 Å². The van der Waals surface area contributed by atoms with E-state index in [1.54, 1.807) is 24.3 Å². The maximum atomic E-state index is 11.8. The van der Waals surface area contributed by atoms with Gasteiger partial charge in [-0.15, -0.1) is 0 Å². The van der Waals surface area contributed by atoms with E-state index in [9.17, 15) is 4.79 Å². The summed E-state index contributed by atoms with van der Waals surface area (Å²) in [5.41, 5.74) is 0.699. The molecule has 1 saturated carbocycles. The summed E-state index contributed by atoms with van der Waals surface area (Å²) in [5.74, 6) is 0.504. The second-order valence-electron chi connectivity index (χ2n) is 5.14. The molecule has 0 saturated heterocycles. The van der Waals surface area contributed by atoms with Crippen LogP contribution in [0.3, 0.4) is 0 Å². The molecule has 0 spiro atoms. The van der Waals surface area contributed by atoms with Gasteiger partial charge in [0.2, 0.25) is 0 Å². The number of amides is 1. The molecule has 1 unspecified atom stereocenters. The Hall–Kier alpha value is -1.22. The molecule has 0 radical (unpaired) electrons. The van der Waals surface area contributed by atoms with E-state index < -0.39 is 0 Å². The molecule has 0 bridgehead atoms. The van der Waals surface area contributed by atoms with Crippen LogP contribution in [0.15, 0.2) is 24.3 Å². The number of benzene rings is 1. The molecule has 104 valence electrons. The van der Waals surface area contributed by atoms with Gasteiger partial charge in [-0.1, -0.05) is 30.9 Å². The molecule has 1 N–H and O–H groups in total. The van der Waals surface area contributed by atoms with E-state index in [4.69, 9.17) is 16.3 Å². The Morgan fingerprint density at radius 1 is 1.26 bits per heavy atom. The first-order chi connectivity index (χ1) is 9.15. The van der Waals surface area contributed by atoms with E-state index in [2.05, 4.69) is 5.32 Å². The third-order valence-corrected chi connectivity index (χ3v) is 3.95. The molecule has 19 heavy (non-hydrogen) atoms. The number of hydrogen-bond acceptors (Lipinski definition) is 2. The van der Waals surface area contributed by atoms with Crippen molar-refractivity contribution < 1.29 is 9.53 Å². The summed E-state index contributed by atoms with van der Waals surface area (Å²) in [6.45, 7) is 1.98. The van der Waals surface area contributed by atoms with Crippen LogP contribution in [0.5, 0.6) is 0 Å². The Bertz CT molecular complexity index is 413. The van der Waals surface area contributed by atoms with Crippen LogP contribution in [0.4, 0.5) is 10.5 Å². The minimum absolute atomic E-state index is 0.0207. The van der Waals surface area contributed by atoms with Gasteiger partial charge in [0.1, 0.15) is 6.10 Å². The van der Waals surface area contributed by atoms with Crippen LogP contribution in [0.2, 0.25) is 5.02 Å². The van der Waals surface area contributed by atoms with Gasteiger partial charge in [0.25, 0.3) is 0 Å². The Morgan fingerprint density at radius 2 is 1.89 bits per heavy atom. The van der Waals surface area contributed by atoms with Crippen LogP contribution in [-0.4, -0.2) is 12.2 Å². The van der Waals surface area contributed by atoms with Gasteiger partial charge in [0, 0.05) is 10.7 Å². The lowest BCUT2D eigenvalue weighted by Gasteiger charge is -2.27. The molecular formula is C15H20ClNO2. The Labute approximate surface area is 119 Å². The number of anilines is 1. The average molecular weight is 282 g/mol. The summed E-state index contributed by atoms with van der Waals surface area (Å²) >= 11 is 5.79. The maximum absolute atomic E-state index is 11.8. The molecule has 1 aromatic rings. The molecule has 1 aliphatic rings. The number of halogens is 1. The van der Waals surface area contributed by atoms with Gasteiger partial charge in [-0.3, -0.25) is 5.32 Å². The Balaban J connectivity index is 1.81. The van der Waals surface area contributed by atoms with Gasteiger partial charge in [-0.05, 0) is 49.9 Å². The highest BCUT2D eigenvalue weighted by Gasteiger charge is 2.23. The normalized spacial score (nSPS) is 17.8. The minimum atomic E-state index is -0.389. The third-order valence-electron chi connectivity index (χ3n) is 3.70. The molecule has 0 aromatic heterocycles. The van der Waals surface area contributed by atoms with Gasteiger partial charge in [0.05, 0.1) is 0 Å². The van der Waals surface area contributed by atoms with Crippen molar-refractivity contribution in [3.8, 4) is 0 Å². The summed E-state index contributed by atoms with van der Waals surface area (Å²) in [5, 5.41) is 3.37. The number of carbonyl (C=O) groups excluding carboxylic acids is 1. The van der Waals surface area contributed by atoms with E-state index in [-0.39, 0.29) is 12.2 Å². The molecule has 4 heteroatoms. The molecule has 0 aliphatic heterocycles. The second kappa shape index (κ2) is 6.80. The second-order valence-corrected chi connectivity index (χ2v) is 5.58. The van der Waals surface area contributed by atoms with E-state index in [1.807, 2.05) is 6.92 Å². The number of nitrogens with one attached hydrogen (secondary N) is 1. The standard InChI is InChI=1S/C15H20ClNO2/c1-11(12-5-3-2-4-6-12)19-15(18)17-14-9-7-13(16)8-10-14/h7-12H,2-6H2,1H3,(H,17,18). The van der Waals surface area contributed by atoms with Gasteiger partial charge >= 0.3 is 6.09 Å². The first-order valence-electron chi connectivity index (χ1n) is 6.88. The fourth-order valence-electron chi connectivity index (χ4n) is 2.55. The van der Waals surface area contributed by atoms with Gasteiger partial charge in [-0.25, -0.2) is 4.79 Å². The molecule has 1 fully saturated rings. The largest absolute Gasteiger partial charge is 0.446 e. The Kier molecular flexibility index (Phi) is 5.08. The highest BCUT2D eigenvalue weighted by Crippen LogP contribution is 2.28. The SMILES string of the molecule is CC(OC(=O)Nc1ccc(Cl)cc1)C1CCCCC1. The van der Waals surface area contributed by atoms with E-state index >= 15 is 0 Å². The van der Waals surface area contributed by atoms with Crippen LogP contribution < -0.4 is 5.32 Å². The van der Waals surface area contributed by atoms with Gasteiger partial charge in [0.15, 0.2) is 0 Å². The zero-order valence-corrected chi connectivity index (χ0v) is 12.0. The maximum Gasteiger partial charge on any atom is 0.411 e. The third kappa shape index (κ3) is 4.43. The zero-order chi connectivity index (χ0) is 13.7. The molecule has 0 heterocycles. The van der Waals surface area contributed by atoms with Crippen molar-refractivity contribution in [3.63, 3.8) is 0 Å². The summed E-state index contributed by atoms with van der Waals surface area (Å²) < 4.78 is 5.44. The van der Waals surface area contributed by atoms with E-state index in [1.165, 1.54) is 19.3 Å². The lowest BCUT2D eigenvalue weighted by atomic mass is 9.86. The molecule has 1 aromatic carbocycles. The first kappa shape index (κ1) is 14.2. The fourth-order valence-corrected chi connectivity index (χ4v) is 2.68. The monoisotopic (exact) mass is 281 g/mol. The molecule has 1 amide bonds. The van der Waals surface area contributed by atoms with Crippen molar-refractivity contribution in [2.24, 2.45) is 5.92 Å². The summed E-state index contributed by atoms with van der Waals surface area (Å²) in [7, 11) is 0. The average Bonchev–Trinajstić information content (AvgIpc) is 2.42. The van der Waals surface area contributed by atoms with Crippen molar-refractivity contribution in [2.45, 2.75) is 45.1 Å². The number of ether oxygens (including phenoxy) is 1. The smallest absolute Gasteiger partial charge is 0.411 e. The zero-order valence-electron chi connectivity index (χ0n) is 11.2. The van der Waals surface area contributed by atoms with Crippen molar-refractivity contribution in [2.75, 3.05) is 5.32 Å². The van der Waals surface area contributed by atoms with Crippen molar-refractivity contribution >= 4 is 23.4 Å². The minimum Gasteiger partial charge on any atom is -0.446 e. The molecule has 1 aliphatic carbocycles. The molecule has 1 atom stereocenters. The van der Waals surface area contributed by atoms with Crippen molar-refractivity contribution in [1.29, 1.82) is 0 Å². The van der Waals surface area contributed by atoms with E-state index in [0.717, 1.165) is 12.8 Å². The van der Waals surface area contributed by atoms with Crippen molar-refractivity contribution in [1.82, 2.24) is 0 Å². The number of hydrogen-bond donors (Lipinski definition) is 1. The first-order valence-corrected chi connectivity index (χ1v) is 7.26. The number of rotatable bonds is 3. The summed E-state index contributed by atoms with van der Waals surface area (Å²) in [6.07, 6.45) is 5.72. The lowest BCUT2D eigenvalue weighted by molar-refractivity contribution is 0.0691. The van der Waals surface area contributed by atoms with Crippen LogP contribution >= 0.6 is 11.6 Å². The van der Waals surface area contributed by atoms with Gasteiger partial charge < -0.3 is 4.74 Å². The predicted molar refractivity (Wildman–Crippen MR) is 77.6 cm³/mol. The van der Waals surface area contributed by atoms with Crippen LogP contribution in [-0.2, 0) is 4.74 Å². The molecule has 2 rings (SSSR count). The van der Waals surface area contributed by atoms with Crippen molar-refractivity contribution in [3.05, 3.63) is 29.3 Å². The van der Waals surface area contributed by atoms with Crippen LogP contribution in [0.25, 0.3) is 0 Å². The van der Waals surface area contributed by atoms with Crippen LogP contribution in [0, 0.1) is 5.92 Å². The summed E-state index contributed by atoms with van der Waals surface area (Å²) in [4.78, 5) is 11.8. The quantitative estimate of drug-likeness (QED) is 0.859. The Morgan fingerprint density at radius 3 is 2.53 bits per heavy atom. The van der Waals surface area contributed by atoms with Gasteiger partial charge in [-0.2, -0.15) is 0 Å². The highest BCUT2D eigenvalue weighted by atomic mass is 35.5. The fraction of sp³-hybridized carbons (Fsp3) is 0.533. The lowest BCUT2D eigenvalue weighted by Crippen LogP contribution is -2.28. The molecular weight excluding hydrogens is 262 g/mol. The highest BCUT2D eigenvalue weighted by molar-refractivity contribution is 6.30. The topological polar surface area (TPSA) is 38.3 Å². The molecule has 3 nitrogen and oxygen atoms in total. The number of carbonyl (C=O) groups is 1. The summed E-state index contributed by atoms with van der Waals surface area (Å²) in [6, 6.07) is 6.99. The van der Waals surface area contributed by atoms with Crippen LogP contribution in [0.1, 0.15) is 39.0 Å².